The van der Waals surface area contributed by atoms with E-state index in [-0.39, 0.29) is 7.12 Å². The molecule has 0 spiro atoms. The summed E-state index contributed by atoms with van der Waals surface area (Å²) in [7, 11) is -0.146. The van der Waals surface area contributed by atoms with E-state index in [0.717, 1.165) is 36.1 Å². The molecule has 0 radical (unpaired) electrons. The van der Waals surface area contributed by atoms with Crippen LogP contribution in [-0.2, 0) is 9.31 Å². The van der Waals surface area contributed by atoms with Crippen molar-refractivity contribution < 1.29 is 14.4 Å². The Balaban J connectivity index is 0.000000202. The maximum Gasteiger partial charge on any atom is 0.493 e. The molecular weight excluding hydrogens is 347 g/mol. The van der Waals surface area contributed by atoms with Crippen LogP contribution in [0.2, 0.25) is 0 Å². The van der Waals surface area contributed by atoms with E-state index in [1.165, 1.54) is 25.3 Å². The third kappa shape index (κ3) is 6.48. The predicted octanol–water partition coefficient (Wildman–Crippen LogP) is 4.55. The van der Waals surface area contributed by atoms with Crippen molar-refractivity contribution in [3.05, 3.63) is 92.0 Å². The SMILES string of the molecule is C=C.C=CC(O)c1ccccc1.c1ccc(B2OCC3CCCC3CO2)cc1. The predicted molar refractivity (Wildman–Crippen MR) is 117 cm³/mol. The summed E-state index contributed by atoms with van der Waals surface area (Å²) in [6.07, 6.45) is 4.96. The summed E-state index contributed by atoms with van der Waals surface area (Å²) >= 11 is 0. The van der Waals surface area contributed by atoms with Crippen LogP contribution in [0.15, 0.2) is 86.5 Å². The zero-order valence-corrected chi connectivity index (χ0v) is 16.6. The van der Waals surface area contributed by atoms with Gasteiger partial charge in [-0.15, -0.1) is 19.7 Å². The lowest BCUT2D eigenvalue weighted by Crippen LogP contribution is -2.36. The number of benzene rings is 2. The summed E-state index contributed by atoms with van der Waals surface area (Å²) in [4.78, 5) is 0. The number of fused-ring (bicyclic) bond motifs is 1. The molecule has 1 N–H and O–H groups in total. The Morgan fingerprint density at radius 3 is 1.89 bits per heavy atom. The molecule has 0 bridgehead atoms. The zero-order valence-electron chi connectivity index (χ0n) is 16.6. The van der Waals surface area contributed by atoms with Crippen LogP contribution in [0.25, 0.3) is 0 Å². The molecule has 148 valence electrons. The van der Waals surface area contributed by atoms with Crippen molar-refractivity contribution >= 4 is 12.6 Å². The lowest BCUT2D eigenvalue weighted by atomic mass is 9.79. The van der Waals surface area contributed by atoms with Gasteiger partial charge in [0.15, 0.2) is 0 Å². The van der Waals surface area contributed by atoms with Crippen molar-refractivity contribution in [3.63, 3.8) is 0 Å². The van der Waals surface area contributed by atoms with Crippen LogP contribution in [0.4, 0.5) is 0 Å². The molecule has 2 fully saturated rings. The summed E-state index contributed by atoms with van der Waals surface area (Å²) in [5, 5.41) is 9.21. The first kappa shape index (κ1) is 22.2. The molecule has 2 aromatic rings. The van der Waals surface area contributed by atoms with E-state index in [0.29, 0.717) is 0 Å². The summed E-state index contributed by atoms with van der Waals surface area (Å²) in [6.45, 7) is 11.2. The molecule has 3 atom stereocenters. The molecule has 1 saturated heterocycles. The van der Waals surface area contributed by atoms with Crippen LogP contribution < -0.4 is 5.46 Å². The van der Waals surface area contributed by atoms with Crippen molar-refractivity contribution in [1.29, 1.82) is 0 Å². The highest BCUT2D eigenvalue weighted by Gasteiger charge is 2.34. The Morgan fingerprint density at radius 2 is 1.39 bits per heavy atom. The molecule has 1 saturated carbocycles. The molecule has 0 aromatic heterocycles. The van der Waals surface area contributed by atoms with Crippen molar-refractivity contribution in [1.82, 2.24) is 0 Å². The maximum absolute atomic E-state index is 9.21. The molecule has 4 heteroatoms. The first-order valence-corrected chi connectivity index (χ1v) is 9.91. The van der Waals surface area contributed by atoms with Crippen LogP contribution in [0.3, 0.4) is 0 Å². The summed E-state index contributed by atoms with van der Waals surface area (Å²) in [5.41, 5.74) is 2.03. The third-order valence-electron chi connectivity index (χ3n) is 5.18. The van der Waals surface area contributed by atoms with Crippen LogP contribution in [0.1, 0.15) is 30.9 Å². The minimum atomic E-state index is -0.527. The monoisotopic (exact) mass is 378 g/mol. The Kier molecular flexibility index (Phi) is 9.77. The normalized spacial score (nSPS) is 21.7. The van der Waals surface area contributed by atoms with Crippen molar-refractivity contribution in [2.24, 2.45) is 11.8 Å². The molecule has 2 aliphatic rings. The smallest absolute Gasteiger partial charge is 0.407 e. The van der Waals surface area contributed by atoms with Gasteiger partial charge in [0, 0.05) is 13.2 Å². The van der Waals surface area contributed by atoms with Crippen molar-refractivity contribution in [2.75, 3.05) is 13.2 Å². The fraction of sp³-hybridized carbons (Fsp3) is 0.333. The Morgan fingerprint density at radius 1 is 0.893 bits per heavy atom. The molecule has 3 unspecified atom stereocenters. The Labute approximate surface area is 169 Å². The molecule has 0 amide bonds. The van der Waals surface area contributed by atoms with Gasteiger partial charge in [-0.25, -0.2) is 0 Å². The van der Waals surface area contributed by atoms with Crippen LogP contribution in [-0.4, -0.2) is 25.4 Å². The molecule has 4 rings (SSSR count). The molecule has 1 aliphatic carbocycles. The van der Waals surface area contributed by atoms with E-state index in [9.17, 15) is 5.11 Å². The van der Waals surface area contributed by atoms with Gasteiger partial charge in [-0.1, -0.05) is 73.2 Å². The van der Waals surface area contributed by atoms with Crippen LogP contribution >= 0.6 is 0 Å². The zero-order chi connectivity index (χ0) is 20.2. The van der Waals surface area contributed by atoms with Gasteiger partial charge in [0.05, 0.1) is 6.10 Å². The van der Waals surface area contributed by atoms with E-state index in [1.54, 1.807) is 0 Å². The molecule has 28 heavy (non-hydrogen) atoms. The van der Waals surface area contributed by atoms with Crippen LogP contribution in [0, 0.1) is 11.8 Å². The molecule has 2 aromatic carbocycles. The fourth-order valence-electron chi connectivity index (χ4n) is 3.61. The fourth-order valence-corrected chi connectivity index (χ4v) is 3.61. The van der Waals surface area contributed by atoms with Crippen molar-refractivity contribution in [2.45, 2.75) is 25.4 Å². The average molecular weight is 378 g/mol. The van der Waals surface area contributed by atoms with E-state index < -0.39 is 6.10 Å². The average Bonchev–Trinajstić information content (AvgIpc) is 3.14. The summed E-state index contributed by atoms with van der Waals surface area (Å²) < 4.78 is 11.8. The van der Waals surface area contributed by atoms with Crippen LogP contribution in [0.5, 0.6) is 0 Å². The Bertz CT molecular complexity index is 663. The van der Waals surface area contributed by atoms with Gasteiger partial charge in [-0.05, 0) is 35.7 Å². The number of hydrogen-bond donors (Lipinski definition) is 1. The first-order valence-electron chi connectivity index (χ1n) is 9.91. The van der Waals surface area contributed by atoms with E-state index in [1.807, 2.05) is 48.5 Å². The first-order chi connectivity index (χ1) is 13.8. The summed E-state index contributed by atoms with van der Waals surface area (Å²) in [5.74, 6) is 1.46. The quantitative estimate of drug-likeness (QED) is 0.629. The maximum atomic E-state index is 9.21. The number of hydrogen-bond acceptors (Lipinski definition) is 3. The summed E-state index contributed by atoms with van der Waals surface area (Å²) in [6, 6.07) is 19.7. The number of aliphatic hydroxyl groups excluding tert-OH is 1. The van der Waals surface area contributed by atoms with Gasteiger partial charge in [-0.3, -0.25) is 0 Å². The number of rotatable bonds is 3. The highest BCUT2D eigenvalue weighted by atomic mass is 16.6. The van der Waals surface area contributed by atoms with E-state index in [4.69, 9.17) is 9.31 Å². The minimum absolute atomic E-state index is 0.146. The lowest BCUT2D eigenvalue weighted by molar-refractivity contribution is 0.229. The second-order valence-corrected chi connectivity index (χ2v) is 6.95. The Hall–Kier alpha value is -2.14. The van der Waals surface area contributed by atoms with Gasteiger partial charge in [0.2, 0.25) is 0 Å². The van der Waals surface area contributed by atoms with Gasteiger partial charge in [-0.2, -0.15) is 0 Å². The molecule has 1 heterocycles. The van der Waals surface area contributed by atoms with Gasteiger partial charge < -0.3 is 14.4 Å². The van der Waals surface area contributed by atoms with Crippen molar-refractivity contribution in [3.8, 4) is 0 Å². The minimum Gasteiger partial charge on any atom is -0.407 e. The lowest BCUT2D eigenvalue weighted by Gasteiger charge is -2.13. The standard InChI is InChI=1S/C13H17BO2.C9H10O.C2H4/c1-2-7-13(8-3-1)14-15-9-11-5-4-6-12(11)10-16-14;1-2-9(10)8-6-4-3-5-7-8;1-2/h1-3,7-8,11-12H,4-6,9-10H2;2-7,9-10H,1H2;1-2H2. The van der Waals surface area contributed by atoms with Gasteiger partial charge >= 0.3 is 7.12 Å². The molecule has 3 nitrogen and oxygen atoms in total. The van der Waals surface area contributed by atoms with Gasteiger partial charge in [0.25, 0.3) is 0 Å². The highest BCUT2D eigenvalue weighted by molar-refractivity contribution is 6.61. The highest BCUT2D eigenvalue weighted by Crippen LogP contribution is 2.33. The molecular formula is C24H31BO3. The van der Waals surface area contributed by atoms with E-state index in [2.05, 4.69) is 31.9 Å². The number of aliphatic hydroxyl groups is 1. The van der Waals surface area contributed by atoms with E-state index >= 15 is 0 Å². The topological polar surface area (TPSA) is 38.7 Å². The second kappa shape index (κ2) is 12.3. The molecule has 1 aliphatic heterocycles. The largest absolute Gasteiger partial charge is 0.493 e. The van der Waals surface area contributed by atoms with Gasteiger partial charge in [0.1, 0.15) is 0 Å². The second-order valence-electron chi connectivity index (χ2n) is 6.95. The third-order valence-corrected chi connectivity index (χ3v) is 5.18.